The summed E-state index contributed by atoms with van der Waals surface area (Å²) in [7, 11) is 0. The molecule has 0 aromatic heterocycles. The van der Waals surface area contributed by atoms with Gasteiger partial charge in [-0.05, 0) is 40.7 Å². The van der Waals surface area contributed by atoms with E-state index in [1.165, 1.54) is 0 Å². The fourth-order valence-electron chi connectivity index (χ4n) is 3.18. The van der Waals surface area contributed by atoms with Crippen LogP contribution in [0.3, 0.4) is 0 Å². The highest BCUT2D eigenvalue weighted by Gasteiger charge is 2.55. The van der Waals surface area contributed by atoms with Gasteiger partial charge in [-0.2, -0.15) is 0 Å². The monoisotopic (exact) mass is 298 g/mol. The van der Waals surface area contributed by atoms with Gasteiger partial charge in [0.2, 0.25) is 0 Å². The van der Waals surface area contributed by atoms with Crippen molar-refractivity contribution in [3.05, 3.63) is 0 Å². The summed E-state index contributed by atoms with van der Waals surface area (Å²) in [5.41, 5.74) is -1.10. The number of hydrogen-bond donors (Lipinski definition) is 1. The van der Waals surface area contributed by atoms with E-state index < -0.39 is 11.0 Å². The summed E-state index contributed by atoms with van der Waals surface area (Å²) >= 11 is 0. The molecule has 2 aliphatic rings. The molecule has 6 nitrogen and oxygen atoms in total. The Morgan fingerprint density at radius 1 is 1.38 bits per heavy atom. The van der Waals surface area contributed by atoms with Crippen molar-refractivity contribution >= 4 is 12.1 Å². The van der Waals surface area contributed by atoms with Crippen LogP contribution in [0.2, 0.25) is 0 Å². The minimum atomic E-state index is -0.571. The maximum absolute atomic E-state index is 12.4. The van der Waals surface area contributed by atoms with Crippen LogP contribution in [0.15, 0.2) is 0 Å². The quantitative estimate of drug-likeness (QED) is 0.780. The van der Waals surface area contributed by atoms with Crippen LogP contribution >= 0.6 is 0 Å². The number of nitrogens with zero attached hydrogens (tertiary/aromatic N) is 1. The number of amides is 1. The number of fused-ring (bicyclic) bond motifs is 1. The van der Waals surface area contributed by atoms with Crippen molar-refractivity contribution in [2.45, 2.75) is 39.7 Å². The molecule has 0 bridgehead atoms. The standard InChI is InChI=1S/C15H26N2O4/c1-5-20-12(18)15-6-7-16-8-11(15)9-17(10-15)13(19)21-14(2,3)4/h11,16H,5-10H2,1-4H3/t11-,15-/m1/s1. The SMILES string of the molecule is CCOC(=O)[C@@]12CCNC[C@@H]1CN(C(=O)OC(C)(C)C)C2. The van der Waals surface area contributed by atoms with Crippen LogP contribution in [0.1, 0.15) is 34.1 Å². The number of likely N-dealkylation sites (tertiary alicyclic amines) is 1. The molecule has 2 atom stereocenters. The van der Waals surface area contributed by atoms with Gasteiger partial charge in [0.1, 0.15) is 5.60 Å². The van der Waals surface area contributed by atoms with Crippen LogP contribution in [0.4, 0.5) is 4.79 Å². The molecule has 2 saturated heterocycles. The summed E-state index contributed by atoms with van der Waals surface area (Å²) in [5, 5.41) is 3.30. The lowest BCUT2D eigenvalue weighted by Gasteiger charge is -2.36. The Balaban J connectivity index is 2.13. The van der Waals surface area contributed by atoms with Crippen LogP contribution in [0.5, 0.6) is 0 Å². The lowest BCUT2D eigenvalue weighted by atomic mass is 9.73. The molecule has 2 fully saturated rings. The van der Waals surface area contributed by atoms with Gasteiger partial charge in [-0.15, -0.1) is 0 Å². The zero-order chi connectivity index (χ0) is 15.7. The zero-order valence-electron chi connectivity index (χ0n) is 13.4. The Bertz CT molecular complexity index is 418. The Morgan fingerprint density at radius 3 is 2.71 bits per heavy atom. The Kier molecular flexibility index (Phi) is 4.46. The molecule has 0 aromatic carbocycles. The van der Waals surface area contributed by atoms with E-state index in [0.717, 1.165) is 13.1 Å². The molecule has 21 heavy (non-hydrogen) atoms. The number of ether oxygens (including phenoxy) is 2. The van der Waals surface area contributed by atoms with E-state index in [4.69, 9.17) is 9.47 Å². The second-order valence-electron chi connectivity index (χ2n) is 6.89. The molecule has 0 radical (unpaired) electrons. The highest BCUT2D eigenvalue weighted by atomic mass is 16.6. The first-order chi connectivity index (χ1) is 9.78. The van der Waals surface area contributed by atoms with E-state index in [2.05, 4.69) is 5.32 Å². The maximum atomic E-state index is 12.4. The molecular weight excluding hydrogens is 272 g/mol. The van der Waals surface area contributed by atoms with Crippen molar-refractivity contribution in [2.24, 2.45) is 11.3 Å². The highest BCUT2D eigenvalue weighted by molar-refractivity contribution is 5.80. The average Bonchev–Trinajstić information content (AvgIpc) is 2.78. The number of rotatable bonds is 2. The minimum absolute atomic E-state index is 0.0952. The van der Waals surface area contributed by atoms with Crippen LogP contribution in [-0.4, -0.2) is 55.3 Å². The number of hydrogen-bond acceptors (Lipinski definition) is 5. The molecule has 0 spiro atoms. The molecule has 0 aromatic rings. The van der Waals surface area contributed by atoms with Gasteiger partial charge in [-0.25, -0.2) is 4.79 Å². The molecule has 1 N–H and O–H groups in total. The van der Waals surface area contributed by atoms with Crippen molar-refractivity contribution in [1.29, 1.82) is 0 Å². The Hall–Kier alpha value is -1.30. The molecular formula is C15H26N2O4. The summed E-state index contributed by atoms with van der Waals surface area (Å²) < 4.78 is 10.7. The van der Waals surface area contributed by atoms with Crippen molar-refractivity contribution in [3.63, 3.8) is 0 Å². The average molecular weight is 298 g/mol. The molecule has 120 valence electrons. The Morgan fingerprint density at radius 2 is 2.10 bits per heavy atom. The van der Waals surface area contributed by atoms with Gasteiger partial charge >= 0.3 is 12.1 Å². The van der Waals surface area contributed by atoms with Gasteiger partial charge in [0.25, 0.3) is 0 Å². The van der Waals surface area contributed by atoms with Crippen molar-refractivity contribution in [1.82, 2.24) is 10.2 Å². The first-order valence-electron chi connectivity index (χ1n) is 7.64. The van der Waals surface area contributed by atoms with Gasteiger partial charge in [0, 0.05) is 25.6 Å². The van der Waals surface area contributed by atoms with Crippen LogP contribution in [-0.2, 0) is 14.3 Å². The third-order valence-corrected chi connectivity index (χ3v) is 4.17. The molecule has 0 unspecified atom stereocenters. The summed E-state index contributed by atoms with van der Waals surface area (Å²) in [6.45, 7) is 10.2. The van der Waals surface area contributed by atoms with E-state index in [9.17, 15) is 9.59 Å². The van der Waals surface area contributed by atoms with E-state index in [-0.39, 0.29) is 18.0 Å². The predicted molar refractivity (Wildman–Crippen MR) is 77.8 cm³/mol. The normalized spacial score (nSPS) is 29.0. The highest BCUT2D eigenvalue weighted by Crippen LogP contribution is 2.42. The zero-order valence-corrected chi connectivity index (χ0v) is 13.4. The molecule has 1 amide bonds. The van der Waals surface area contributed by atoms with E-state index in [1.54, 1.807) is 4.90 Å². The van der Waals surface area contributed by atoms with Crippen molar-refractivity contribution < 1.29 is 19.1 Å². The smallest absolute Gasteiger partial charge is 0.410 e. The Labute approximate surface area is 126 Å². The third kappa shape index (κ3) is 3.31. The predicted octanol–water partition coefficient (Wildman–Crippen LogP) is 1.40. The molecule has 6 heteroatoms. The molecule has 2 rings (SSSR count). The fraction of sp³-hybridized carbons (Fsp3) is 0.867. The van der Waals surface area contributed by atoms with Gasteiger partial charge in [0.15, 0.2) is 0 Å². The van der Waals surface area contributed by atoms with Crippen LogP contribution < -0.4 is 5.32 Å². The number of nitrogens with one attached hydrogen (secondary N) is 1. The number of carbonyl (C=O) groups is 2. The summed E-state index contributed by atoms with van der Waals surface area (Å²) in [6.07, 6.45) is 0.357. The van der Waals surface area contributed by atoms with E-state index >= 15 is 0 Å². The van der Waals surface area contributed by atoms with Gasteiger partial charge in [0.05, 0.1) is 12.0 Å². The van der Waals surface area contributed by atoms with E-state index in [0.29, 0.717) is 26.1 Å². The van der Waals surface area contributed by atoms with E-state index in [1.807, 2.05) is 27.7 Å². The minimum Gasteiger partial charge on any atom is -0.466 e. The fourth-order valence-corrected chi connectivity index (χ4v) is 3.18. The number of esters is 1. The third-order valence-electron chi connectivity index (χ3n) is 4.17. The maximum Gasteiger partial charge on any atom is 0.410 e. The summed E-state index contributed by atoms with van der Waals surface area (Å²) in [5.74, 6) is -0.0830. The lowest BCUT2D eigenvalue weighted by Crippen LogP contribution is -2.50. The number of carbonyl (C=O) groups excluding carboxylic acids is 2. The first-order valence-corrected chi connectivity index (χ1v) is 7.64. The molecule has 2 aliphatic heterocycles. The van der Waals surface area contributed by atoms with Crippen LogP contribution in [0, 0.1) is 11.3 Å². The summed E-state index contributed by atoms with van der Waals surface area (Å²) in [6, 6.07) is 0. The van der Waals surface area contributed by atoms with Crippen molar-refractivity contribution in [3.8, 4) is 0 Å². The second kappa shape index (κ2) is 5.83. The van der Waals surface area contributed by atoms with Gasteiger partial charge in [-0.1, -0.05) is 0 Å². The van der Waals surface area contributed by atoms with Gasteiger partial charge in [-0.3, -0.25) is 4.79 Å². The largest absolute Gasteiger partial charge is 0.466 e. The second-order valence-corrected chi connectivity index (χ2v) is 6.89. The summed E-state index contributed by atoms with van der Waals surface area (Å²) in [4.78, 5) is 26.3. The molecule has 0 aliphatic carbocycles. The number of piperidine rings is 1. The first kappa shape index (κ1) is 16.1. The molecule has 2 heterocycles. The van der Waals surface area contributed by atoms with Gasteiger partial charge < -0.3 is 19.7 Å². The topological polar surface area (TPSA) is 67.9 Å². The van der Waals surface area contributed by atoms with Crippen LogP contribution in [0.25, 0.3) is 0 Å². The lowest BCUT2D eigenvalue weighted by molar-refractivity contribution is -0.158. The molecule has 0 saturated carbocycles. The van der Waals surface area contributed by atoms with Crippen molar-refractivity contribution in [2.75, 3.05) is 32.8 Å².